The van der Waals surface area contributed by atoms with Crippen molar-refractivity contribution in [2.45, 2.75) is 0 Å². The Morgan fingerprint density at radius 3 is 2.42 bits per heavy atom. The molecule has 0 bridgehead atoms. The van der Waals surface area contributed by atoms with E-state index in [1.54, 1.807) is 24.3 Å². The lowest BCUT2D eigenvalue weighted by molar-refractivity contribution is 0.515. The van der Waals surface area contributed by atoms with Crippen LogP contribution in [0.5, 0.6) is 0 Å². The van der Waals surface area contributed by atoms with E-state index in [1.165, 1.54) is 0 Å². The number of halogens is 2. The van der Waals surface area contributed by atoms with E-state index in [0.29, 0.717) is 10.9 Å². The maximum atomic E-state index is 13.1. The van der Waals surface area contributed by atoms with Gasteiger partial charge in [0.05, 0.1) is 10.9 Å². The Morgan fingerprint density at radius 1 is 1.00 bits per heavy atom. The molecule has 0 radical (unpaired) electrons. The Hall–Kier alpha value is -2.56. The first-order chi connectivity index (χ1) is 9.13. The molecule has 0 fully saturated rings. The molecule has 2 aromatic carbocycles. The monoisotopic (exact) mass is 259 g/mol. The van der Waals surface area contributed by atoms with Gasteiger partial charge in [-0.1, -0.05) is 12.1 Å². The lowest BCUT2D eigenvalue weighted by Crippen LogP contribution is -2.02. The molecule has 0 spiro atoms. The van der Waals surface area contributed by atoms with Crippen molar-refractivity contribution in [3.8, 4) is 11.5 Å². The van der Waals surface area contributed by atoms with Crippen molar-refractivity contribution >= 4 is 10.9 Å². The molecule has 1 aromatic heterocycles. The summed E-state index contributed by atoms with van der Waals surface area (Å²) in [6.45, 7) is 0. The van der Waals surface area contributed by atoms with Crippen LogP contribution in [0.25, 0.3) is 22.4 Å². The highest BCUT2D eigenvalue weighted by atomic mass is 19.1. The number of aromatic nitrogens is 1. The normalized spacial score (nSPS) is 10.8. The summed E-state index contributed by atoms with van der Waals surface area (Å²) in [6.07, 6.45) is 0. The van der Waals surface area contributed by atoms with Crippen molar-refractivity contribution < 1.29 is 13.2 Å². The Bertz CT molecular complexity index is 807. The smallest absolute Gasteiger partial charge is 0.347 e. The minimum Gasteiger partial charge on any atom is -0.403 e. The lowest BCUT2D eigenvalue weighted by atomic mass is 10.2. The van der Waals surface area contributed by atoms with E-state index in [2.05, 4.69) is 4.98 Å². The van der Waals surface area contributed by atoms with Crippen LogP contribution in [0.1, 0.15) is 0 Å². The van der Waals surface area contributed by atoms with Gasteiger partial charge in [0.1, 0.15) is 11.6 Å². The van der Waals surface area contributed by atoms with Gasteiger partial charge in [-0.05, 0) is 24.3 Å². The fourth-order valence-corrected chi connectivity index (χ4v) is 1.82. The van der Waals surface area contributed by atoms with Crippen molar-refractivity contribution in [1.29, 1.82) is 0 Å². The molecule has 0 unspecified atom stereocenters. The molecule has 0 amide bonds. The number of rotatable bonds is 1. The Kier molecular flexibility index (Phi) is 2.59. The molecule has 3 rings (SSSR count). The third kappa shape index (κ3) is 2.10. The maximum Gasteiger partial charge on any atom is 0.347 e. The van der Waals surface area contributed by atoms with Crippen LogP contribution in [0, 0.1) is 11.6 Å². The highest BCUT2D eigenvalue weighted by Gasteiger charge is 2.10. The van der Waals surface area contributed by atoms with E-state index in [4.69, 9.17) is 4.42 Å². The molecule has 0 atom stereocenters. The van der Waals surface area contributed by atoms with Crippen molar-refractivity contribution in [2.24, 2.45) is 0 Å². The summed E-state index contributed by atoms with van der Waals surface area (Å²) in [6, 6.07) is 9.46. The quantitative estimate of drug-likeness (QED) is 0.674. The lowest BCUT2D eigenvalue weighted by Gasteiger charge is -2.02. The molecule has 94 valence electrons. The molecule has 3 nitrogen and oxygen atoms in total. The highest BCUT2D eigenvalue weighted by molar-refractivity contribution is 5.78. The van der Waals surface area contributed by atoms with Gasteiger partial charge in [-0.25, -0.2) is 18.6 Å². The average Bonchev–Trinajstić information content (AvgIpc) is 2.37. The summed E-state index contributed by atoms with van der Waals surface area (Å²) in [5.74, 6) is -1.62. The van der Waals surface area contributed by atoms with Crippen LogP contribution in [0.3, 0.4) is 0 Å². The first kappa shape index (κ1) is 11.5. The summed E-state index contributed by atoms with van der Waals surface area (Å²) in [7, 11) is 0. The molecule has 0 N–H and O–H groups in total. The van der Waals surface area contributed by atoms with Crippen molar-refractivity contribution in [3.05, 3.63) is 64.5 Å². The fourth-order valence-electron chi connectivity index (χ4n) is 1.82. The Balaban J connectivity index is 2.28. The minimum absolute atomic E-state index is 0.0837. The number of hydrogen-bond acceptors (Lipinski definition) is 3. The number of nitrogens with zero attached hydrogens (tertiary/aromatic N) is 1. The van der Waals surface area contributed by atoms with Gasteiger partial charge in [-0.15, -0.1) is 0 Å². The number of para-hydroxylation sites is 1. The van der Waals surface area contributed by atoms with Gasteiger partial charge < -0.3 is 4.42 Å². The molecule has 0 saturated carbocycles. The topological polar surface area (TPSA) is 43.1 Å². The zero-order valence-electron chi connectivity index (χ0n) is 9.56. The first-order valence-corrected chi connectivity index (χ1v) is 5.50. The van der Waals surface area contributed by atoms with E-state index in [9.17, 15) is 13.6 Å². The molecule has 19 heavy (non-hydrogen) atoms. The van der Waals surface area contributed by atoms with Gasteiger partial charge in [-0.3, -0.25) is 0 Å². The van der Waals surface area contributed by atoms with E-state index < -0.39 is 17.3 Å². The van der Waals surface area contributed by atoms with Crippen LogP contribution in [-0.2, 0) is 0 Å². The molecule has 0 aliphatic rings. The molecule has 0 saturated heterocycles. The molecular formula is C14H7F2NO2. The van der Waals surface area contributed by atoms with E-state index >= 15 is 0 Å². The third-order valence-corrected chi connectivity index (χ3v) is 2.64. The van der Waals surface area contributed by atoms with Gasteiger partial charge in [0, 0.05) is 11.6 Å². The maximum absolute atomic E-state index is 13.1. The second-order valence-corrected chi connectivity index (χ2v) is 3.98. The summed E-state index contributed by atoms with van der Waals surface area (Å²) in [5, 5.41) is 0.322. The van der Waals surface area contributed by atoms with Gasteiger partial charge in [0.25, 0.3) is 0 Å². The second kappa shape index (κ2) is 4.28. The van der Waals surface area contributed by atoms with Gasteiger partial charge in [-0.2, -0.15) is 0 Å². The predicted octanol–water partition coefficient (Wildman–Crippen LogP) is 3.13. The zero-order chi connectivity index (χ0) is 13.4. The van der Waals surface area contributed by atoms with Gasteiger partial charge >= 0.3 is 5.63 Å². The number of fused-ring (bicyclic) bond motifs is 1. The van der Waals surface area contributed by atoms with Crippen LogP contribution < -0.4 is 5.63 Å². The molecule has 1 heterocycles. The summed E-state index contributed by atoms with van der Waals surface area (Å²) >= 11 is 0. The standard InChI is InChI=1S/C14H7F2NO2/c15-9-5-8(6-10(16)7-9)13-17-12-4-2-1-3-11(12)14(18)19-13/h1-7H. The van der Waals surface area contributed by atoms with Crippen molar-refractivity contribution in [1.82, 2.24) is 4.98 Å². The Labute approximate surface area is 106 Å². The molecule has 5 heteroatoms. The largest absolute Gasteiger partial charge is 0.403 e. The van der Waals surface area contributed by atoms with Gasteiger partial charge in [0.2, 0.25) is 5.89 Å². The number of benzene rings is 2. The Morgan fingerprint density at radius 2 is 1.68 bits per heavy atom. The predicted molar refractivity (Wildman–Crippen MR) is 65.6 cm³/mol. The van der Waals surface area contributed by atoms with Crippen LogP contribution in [0.4, 0.5) is 8.78 Å². The number of hydrogen-bond donors (Lipinski definition) is 0. The average molecular weight is 259 g/mol. The molecular weight excluding hydrogens is 252 g/mol. The third-order valence-electron chi connectivity index (χ3n) is 2.64. The fraction of sp³-hybridized carbons (Fsp3) is 0. The summed E-state index contributed by atoms with van der Waals surface area (Å²) in [5.41, 5.74) is -0.0935. The highest BCUT2D eigenvalue weighted by Crippen LogP contribution is 2.20. The molecule has 3 aromatic rings. The van der Waals surface area contributed by atoms with Crippen LogP contribution in [-0.4, -0.2) is 4.98 Å². The van der Waals surface area contributed by atoms with Crippen LogP contribution in [0.15, 0.2) is 51.7 Å². The zero-order valence-corrected chi connectivity index (χ0v) is 9.56. The molecule has 0 aliphatic heterocycles. The van der Waals surface area contributed by atoms with Crippen LogP contribution >= 0.6 is 0 Å². The molecule has 0 aliphatic carbocycles. The van der Waals surface area contributed by atoms with Crippen molar-refractivity contribution in [3.63, 3.8) is 0 Å². The van der Waals surface area contributed by atoms with Gasteiger partial charge in [0.15, 0.2) is 0 Å². The summed E-state index contributed by atoms with van der Waals surface area (Å²) < 4.78 is 31.3. The van der Waals surface area contributed by atoms with E-state index in [0.717, 1.165) is 18.2 Å². The summed E-state index contributed by atoms with van der Waals surface area (Å²) in [4.78, 5) is 15.8. The van der Waals surface area contributed by atoms with E-state index in [1.807, 2.05) is 0 Å². The van der Waals surface area contributed by atoms with Crippen molar-refractivity contribution in [2.75, 3.05) is 0 Å². The minimum atomic E-state index is -0.757. The SMILES string of the molecule is O=c1oc(-c2cc(F)cc(F)c2)nc2ccccc12. The van der Waals surface area contributed by atoms with E-state index in [-0.39, 0.29) is 11.5 Å². The first-order valence-electron chi connectivity index (χ1n) is 5.50. The van der Waals surface area contributed by atoms with Crippen LogP contribution in [0.2, 0.25) is 0 Å². The second-order valence-electron chi connectivity index (χ2n) is 3.98.